The van der Waals surface area contributed by atoms with Gasteiger partial charge < -0.3 is 5.32 Å². The van der Waals surface area contributed by atoms with E-state index in [-0.39, 0.29) is 11.6 Å². The average Bonchev–Trinajstić information content (AvgIpc) is 2.79. The first-order valence-electron chi connectivity index (χ1n) is 6.44. The van der Waals surface area contributed by atoms with Crippen LogP contribution in [0.4, 0.5) is 5.82 Å². The number of nitrogens with zero attached hydrogens (tertiary/aromatic N) is 2. The maximum atomic E-state index is 12.3. The molecule has 3 rings (SSSR count). The summed E-state index contributed by atoms with van der Waals surface area (Å²) in [7, 11) is 0. The lowest BCUT2D eigenvalue weighted by atomic mass is 10.1. The van der Waals surface area contributed by atoms with Gasteiger partial charge in [-0.05, 0) is 25.3 Å². The lowest BCUT2D eigenvalue weighted by Gasteiger charge is -2.06. The molecule has 2 N–H and O–H groups in total. The summed E-state index contributed by atoms with van der Waals surface area (Å²) in [6, 6.07) is 9.25. The Bertz CT molecular complexity index is 841. The number of aromatic amines is 1. The Morgan fingerprint density at radius 3 is 2.76 bits per heavy atom. The quantitative estimate of drug-likeness (QED) is 0.712. The normalized spacial score (nSPS) is 10.8. The molecular weight excluding hydrogens is 288 g/mol. The first kappa shape index (κ1) is 13.6. The number of benzene rings is 1. The molecule has 2 aromatic heterocycles. The summed E-state index contributed by atoms with van der Waals surface area (Å²) >= 11 is 6.13. The van der Waals surface area contributed by atoms with Crippen molar-refractivity contribution in [3.63, 3.8) is 0 Å². The Kier molecular flexibility index (Phi) is 3.35. The molecule has 0 spiro atoms. The van der Waals surface area contributed by atoms with Gasteiger partial charge in [0.1, 0.15) is 10.8 Å². The second-order valence-electron chi connectivity index (χ2n) is 4.80. The van der Waals surface area contributed by atoms with Gasteiger partial charge in [-0.2, -0.15) is 5.10 Å². The average molecular weight is 301 g/mol. The molecule has 2 heterocycles. The molecule has 3 aromatic rings. The highest BCUT2D eigenvalue weighted by molar-refractivity contribution is 6.34. The third-order valence-corrected chi connectivity index (χ3v) is 3.70. The Morgan fingerprint density at radius 2 is 2.05 bits per heavy atom. The molecule has 1 aromatic carbocycles. The van der Waals surface area contributed by atoms with E-state index in [1.165, 1.54) is 0 Å². The maximum Gasteiger partial charge on any atom is 0.275 e. The van der Waals surface area contributed by atoms with Crippen LogP contribution in [0.3, 0.4) is 0 Å². The van der Waals surface area contributed by atoms with Crippen molar-refractivity contribution in [1.82, 2.24) is 15.2 Å². The number of carbonyl (C=O) groups excluding carboxylic acids is 1. The molecule has 0 aliphatic heterocycles. The Hall–Kier alpha value is -2.40. The number of nitrogens with one attached hydrogen (secondary N) is 2. The lowest BCUT2D eigenvalue weighted by Crippen LogP contribution is -2.14. The van der Waals surface area contributed by atoms with Crippen LogP contribution >= 0.6 is 11.6 Å². The third kappa shape index (κ3) is 2.48. The van der Waals surface area contributed by atoms with Crippen LogP contribution in [0, 0.1) is 13.8 Å². The highest BCUT2D eigenvalue weighted by Gasteiger charge is 2.14. The first-order chi connectivity index (χ1) is 10.1. The van der Waals surface area contributed by atoms with Gasteiger partial charge in [-0.25, -0.2) is 4.98 Å². The molecule has 0 saturated carbocycles. The third-order valence-electron chi connectivity index (χ3n) is 3.41. The minimum atomic E-state index is -0.336. The van der Waals surface area contributed by atoms with Crippen LogP contribution in [-0.2, 0) is 0 Å². The molecule has 0 atom stereocenters. The molecule has 106 valence electrons. The molecule has 0 unspecified atom stereocenters. The van der Waals surface area contributed by atoms with Gasteiger partial charge in [0.25, 0.3) is 5.91 Å². The first-order valence-corrected chi connectivity index (χ1v) is 6.82. The van der Waals surface area contributed by atoms with E-state index >= 15 is 0 Å². The minimum Gasteiger partial charge on any atom is -0.304 e. The Balaban J connectivity index is 1.96. The van der Waals surface area contributed by atoms with Crippen LogP contribution in [0.1, 0.15) is 21.7 Å². The number of H-pyrrole nitrogens is 1. The number of amides is 1. The fourth-order valence-electron chi connectivity index (χ4n) is 2.05. The zero-order valence-corrected chi connectivity index (χ0v) is 12.3. The molecule has 0 radical (unpaired) electrons. The van der Waals surface area contributed by atoms with Gasteiger partial charge in [-0.15, -0.1) is 0 Å². The van der Waals surface area contributed by atoms with E-state index in [1.54, 1.807) is 6.07 Å². The van der Waals surface area contributed by atoms with E-state index in [0.717, 1.165) is 22.0 Å². The van der Waals surface area contributed by atoms with Gasteiger partial charge in [0.05, 0.1) is 0 Å². The Morgan fingerprint density at radius 1 is 1.29 bits per heavy atom. The summed E-state index contributed by atoms with van der Waals surface area (Å²) in [6.07, 6.45) is 0. The maximum absolute atomic E-state index is 12.3. The largest absolute Gasteiger partial charge is 0.304 e. The summed E-state index contributed by atoms with van der Waals surface area (Å²) in [5.74, 6) is 0.167. The fraction of sp³-hybridized carbons (Fsp3) is 0.133. The molecule has 0 aliphatic carbocycles. The van der Waals surface area contributed by atoms with Crippen molar-refractivity contribution in [1.29, 1.82) is 0 Å². The van der Waals surface area contributed by atoms with E-state index < -0.39 is 0 Å². The van der Waals surface area contributed by atoms with Gasteiger partial charge in [-0.1, -0.05) is 35.9 Å². The predicted molar refractivity (Wildman–Crippen MR) is 82.8 cm³/mol. The van der Waals surface area contributed by atoms with Crippen LogP contribution in [0.25, 0.3) is 10.8 Å². The SMILES string of the molecule is Cc1[nH]nc(NC(=O)c2cc3ccccc3c(Cl)n2)c1C. The van der Waals surface area contributed by atoms with Crippen LogP contribution < -0.4 is 5.32 Å². The van der Waals surface area contributed by atoms with Gasteiger partial charge in [0, 0.05) is 16.6 Å². The summed E-state index contributed by atoms with van der Waals surface area (Å²) in [5.41, 5.74) is 2.07. The van der Waals surface area contributed by atoms with Crippen LogP contribution in [0.5, 0.6) is 0 Å². The number of aryl methyl sites for hydroxylation is 1. The number of hydrogen-bond acceptors (Lipinski definition) is 3. The standard InChI is InChI=1S/C15H13ClN4O/c1-8-9(2)19-20-14(8)18-15(21)12-7-10-5-3-4-6-11(10)13(16)17-12/h3-7H,1-2H3,(H2,18,19,20,21). The predicted octanol–water partition coefficient (Wildman–Crippen LogP) is 3.48. The second-order valence-corrected chi connectivity index (χ2v) is 5.15. The lowest BCUT2D eigenvalue weighted by molar-refractivity contribution is 0.102. The van der Waals surface area contributed by atoms with Crippen LogP contribution in [0.2, 0.25) is 5.15 Å². The number of halogens is 1. The zero-order valence-electron chi connectivity index (χ0n) is 11.6. The van der Waals surface area contributed by atoms with Crippen molar-refractivity contribution in [3.8, 4) is 0 Å². The van der Waals surface area contributed by atoms with E-state index in [0.29, 0.717) is 11.0 Å². The van der Waals surface area contributed by atoms with Crippen molar-refractivity contribution in [2.75, 3.05) is 5.32 Å². The van der Waals surface area contributed by atoms with Crippen molar-refractivity contribution in [2.45, 2.75) is 13.8 Å². The molecule has 0 fully saturated rings. The summed E-state index contributed by atoms with van der Waals surface area (Å²) in [6.45, 7) is 3.78. The number of anilines is 1. The number of fused-ring (bicyclic) bond motifs is 1. The Labute approximate surface area is 126 Å². The summed E-state index contributed by atoms with van der Waals surface area (Å²) in [5, 5.41) is 11.6. The molecule has 5 nitrogen and oxygen atoms in total. The number of hydrogen-bond donors (Lipinski definition) is 2. The zero-order chi connectivity index (χ0) is 15.0. The van der Waals surface area contributed by atoms with E-state index in [4.69, 9.17) is 11.6 Å². The fourth-order valence-corrected chi connectivity index (χ4v) is 2.31. The van der Waals surface area contributed by atoms with Crippen molar-refractivity contribution in [3.05, 3.63) is 52.4 Å². The van der Waals surface area contributed by atoms with Crippen molar-refractivity contribution >= 4 is 34.1 Å². The second kappa shape index (κ2) is 5.18. The van der Waals surface area contributed by atoms with Gasteiger partial charge >= 0.3 is 0 Å². The minimum absolute atomic E-state index is 0.263. The smallest absolute Gasteiger partial charge is 0.275 e. The topological polar surface area (TPSA) is 70.7 Å². The molecule has 6 heteroatoms. The van der Waals surface area contributed by atoms with Gasteiger partial charge in [-0.3, -0.25) is 9.89 Å². The van der Waals surface area contributed by atoms with Crippen LogP contribution in [0.15, 0.2) is 30.3 Å². The van der Waals surface area contributed by atoms with Gasteiger partial charge in [0.2, 0.25) is 0 Å². The molecule has 1 amide bonds. The van der Waals surface area contributed by atoms with Crippen molar-refractivity contribution < 1.29 is 4.79 Å². The van der Waals surface area contributed by atoms with E-state index in [1.807, 2.05) is 38.1 Å². The number of rotatable bonds is 2. The molecule has 0 bridgehead atoms. The van der Waals surface area contributed by atoms with E-state index in [9.17, 15) is 4.79 Å². The van der Waals surface area contributed by atoms with Crippen LogP contribution in [-0.4, -0.2) is 21.1 Å². The molecular formula is C15H13ClN4O. The number of pyridine rings is 1. The van der Waals surface area contributed by atoms with Crippen molar-refractivity contribution in [2.24, 2.45) is 0 Å². The molecule has 0 saturated heterocycles. The number of carbonyl (C=O) groups is 1. The number of aromatic nitrogens is 3. The highest BCUT2D eigenvalue weighted by Crippen LogP contribution is 2.23. The molecule has 21 heavy (non-hydrogen) atoms. The monoisotopic (exact) mass is 300 g/mol. The highest BCUT2D eigenvalue weighted by atomic mass is 35.5. The van der Waals surface area contributed by atoms with Gasteiger partial charge in [0.15, 0.2) is 5.82 Å². The summed E-state index contributed by atoms with van der Waals surface area (Å²) < 4.78 is 0. The van der Waals surface area contributed by atoms with E-state index in [2.05, 4.69) is 20.5 Å². The molecule has 0 aliphatic rings. The summed E-state index contributed by atoms with van der Waals surface area (Å²) in [4.78, 5) is 16.4.